The van der Waals surface area contributed by atoms with Crippen molar-refractivity contribution >= 4 is 55.7 Å². The molecule has 0 bridgehead atoms. The molecule has 1 aliphatic heterocycles. The van der Waals surface area contributed by atoms with Gasteiger partial charge >= 0.3 is 5.91 Å². The van der Waals surface area contributed by atoms with Crippen LogP contribution in [0, 0.1) is 0 Å². The summed E-state index contributed by atoms with van der Waals surface area (Å²) in [5, 5.41) is 7.56. The third-order valence-corrected chi connectivity index (χ3v) is 7.69. The summed E-state index contributed by atoms with van der Waals surface area (Å²) in [5.74, 6) is -0.252. The Morgan fingerprint density at radius 3 is 2.45 bits per heavy atom. The minimum Gasteiger partial charge on any atom is -0.444 e. The topological polar surface area (TPSA) is 81.9 Å². The number of nitrogens with zero attached hydrogens (tertiary/aromatic N) is 3. The molecule has 200 valence electrons. The van der Waals surface area contributed by atoms with E-state index >= 15 is 0 Å². The lowest BCUT2D eigenvalue weighted by Crippen LogP contribution is -2.26. The zero-order chi connectivity index (χ0) is 28.0. The molecule has 40 heavy (non-hydrogen) atoms. The number of hydrogen-bond acceptors (Lipinski definition) is 5. The number of halogens is 2. The first kappa shape index (κ1) is 26.1. The van der Waals surface area contributed by atoms with E-state index in [2.05, 4.69) is 20.9 Å². The van der Waals surface area contributed by atoms with Crippen LogP contribution in [0.4, 0.5) is 5.69 Å². The van der Waals surface area contributed by atoms with E-state index in [9.17, 15) is 9.59 Å². The summed E-state index contributed by atoms with van der Waals surface area (Å²) < 4.78 is 6.03. The zero-order valence-corrected chi connectivity index (χ0v) is 24.0. The second kappa shape index (κ2) is 10.4. The summed E-state index contributed by atoms with van der Waals surface area (Å²) in [5.41, 5.74) is 4.79. The first-order chi connectivity index (χ1) is 19.3. The van der Waals surface area contributed by atoms with Gasteiger partial charge in [-0.2, -0.15) is 5.10 Å². The average Bonchev–Trinajstić information content (AvgIpc) is 3.59. The molecule has 0 saturated carbocycles. The molecule has 0 radical (unpaired) electrons. The van der Waals surface area contributed by atoms with E-state index in [4.69, 9.17) is 21.1 Å². The van der Waals surface area contributed by atoms with Crippen molar-refractivity contribution in [1.29, 1.82) is 0 Å². The van der Waals surface area contributed by atoms with Crippen molar-refractivity contribution < 1.29 is 9.21 Å². The van der Waals surface area contributed by atoms with Gasteiger partial charge in [-0.15, -0.1) is 0 Å². The molecular formula is C31H24BrClN4O3. The maximum Gasteiger partial charge on any atom is 0.310 e. The number of anilines is 1. The van der Waals surface area contributed by atoms with Crippen molar-refractivity contribution in [2.75, 3.05) is 19.0 Å². The Labute approximate surface area is 243 Å². The molecule has 6 rings (SSSR count). The van der Waals surface area contributed by atoms with Crippen LogP contribution < -0.4 is 10.5 Å². The largest absolute Gasteiger partial charge is 0.444 e. The van der Waals surface area contributed by atoms with Gasteiger partial charge < -0.3 is 14.3 Å². The monoisotopic (exact) mass is 614 g/mol. The Kier molecular flexibility index (Phi) is 6.82. The standard InChI is InChI=1S/C31H24BrClN4O3/c1-36(2)21-11-8-18(9-12-21)25-17-24(35-37(25)31(39)26-14-15-27(32)40-26)29-28(19-6-4-3-5-7-19)22-16-20(33)10-13-23(22)34-30(29)38/h3-16,25H,17H2,1-2H3,(H,34,38). The number of H-pyrrole nitrogens is 1. The number of hydrazone groups is 1. The number of nitrogens with one attached hydrogen (secondary N) is 1. The van der Waals surface area contributed by atoms with E-state index in [1.807, 2.05) is 79.7 Å². The molecule has 5 aromatic rings. The Morgan fingerprint density at radius 1 is 1.02 bits per heavy atom. The fourth-order valence-electron chi connectivity index (χ4n) is 5.09. The molecule has 0 spiro atoms. The van der Waals surface area contributed by atoms with E-state index < -0.39 is 11.9 Å². The Bertz CT molecular complexity index is 1830. The minimum atomic E-state index is -0.444. The van der Waals surface area contributed by atoms with Gasteiger partial charge in [0.25, 0.3) is 5.56 Å². The molecule has 2 aromatic heterocycles. The third kappa shape index (κ3) is 4.74. The lowest BCUT2D eigenvalue weighted by molar-refractivity contribution is 0.0677. The molecule has 0 fully saturated rings. The summed E-state index contributed by atoms with van der Waals surface area (Å²) in [6.07, 6.45) is 0.337. The van der Waals surface area contributed by atoms with Crippen LogP contribution in [0.3, 0.4) is 0 Å². The summed E-state index contributed by atoms with van der Waals surface area (Å²) in [7, 11) is 3.94. The lowest BCUT2D eigenvalue weighted by atomic mass is 9.91. The van der Waals surface area contributed by atoms with E-state index in [1.54, 1.807) is 24.3 Å². The minimum absolute atomic E-state index is 0.147. The van der Waals surface area contributed by atoms with Gasteiger partial charge in [0.2, 0.25) is 0 Å². The van der Waals surface area contributed by atoms with Crippen LogP contribution in [0.25, 0.3) is 22.0 Å². The van der Waals surface area contributed by atoms with E-state index in [1.165, 1.54) is 5.01 Å². The van der Waals surface area contributed by atoms with Crippen LogP contribution in [0.2, 0.25) is 5.02 Å². The number of benzene rings is 3. The van der Waals surface area contributed by atoms with Gasteiger partial charge in [0, 0.05) is 47.7 Å². The number of furan rings is 1. The SMILES string of the molecule is CN(C)c1ccc(C2CC(c3c(-c4ccccc4)c4cc(Cl)ccc4[nH]c3=O)=NN2C(=O)c2ccc(Br)o2)cc1. The molecule has 1 N–H and O–H groups in total. The number of pyridine rings is 1. The fraction of sp³-hybridized carbons (Fsp3) is 0.129. The molecule has 0 aliphatic carbocycles. The maximum atomic E-state index is 13.7. The van der Waals surface area contributed by atoms with Crippen LogP contribution >= 0.6 is 27.5 Å². The molecule has 1 atom stereocenters. The highest BCUT2D eigenvalue weighted by molar-refractivity contribution is 9.10. The summed E-state index contributed by atoms with van der Waals surface area (Å²) in [6, 6.07) is 25.9. The second-order valence-electron chi connectivity index (χ2n) is 9.77. The number of aromatic amines is 1. The number of aromatic nitrogens is 1. The number of rotatable bonds is 5. The van der Waals surface area contributed by atoms with Gasteiger partial charge in [-0.05, 0) is 69.5 Å². The molecule has 3 aromatic carbocycles. The Morgan fingerprint density at radius 2 is 1.77 bits per heavy atom. The molecular weight excluding hydrogens is 592 g/mol. The summed E-state index contributed by atoms with van der Waals surface area (Å²) in [6.45, 7) is 0. The van der Waals surface area contributed by atoms with Gasteiger partial charge in [0.1, 0.15) is 0 Å². The molecule has 1 amide bonds. The number of amides is 1. The van der Waals surface area contributed by atoms with Crippen LogP contribution in [-0.4, -0.2) is 35.7 Å². The van der Waals surface area contributed by atoms with E-state index in [-0.39, 0.29) is 11.3 Å². The van der Waals surface area contributed by atoms with Crippen molar-refractivity contribution in [3.8, 4) is 11.1 Å². The highest BCUT2D eigenvalue weighted by Crippen LogP contribution is 2.38. The molecule has 0 saturated heterocycles. The van der Waals surface area contributed by atoms with Crippen LogP contribution in [-0.2, 0) is 0 Å². The zero-order valence-electron chi connectivity index (χ0n) is 21.7. The van der Waals surface area contributed by atoms with E-state index in [0.29, 0.717) is 32.9 Å². The summed E-state index contributed by atoms with van der Waals surface area (Å²) in [4.78, 5) is 32.4. The van der Waals surface area contributed by atoms with Gasteiger partial charge in [0.05, 0.1) is 17.3 Å². The predicted octanol–water partition coefficient (Wildman–Crippen LogP) is 7.26. The van der Waals surface area contributed by atoms with Crippen molar-refractivity contribution in [2.24, 2.45) is 5.10 Å². The van der Waals surface area contributed by atoms with Crippen molar-refractivity contribution in [3.63, 3.8) is 0 Å². The summed E-state index contributed by atoms with van der Waals surface area (Å²) >= 11 is 9.69. The third-order valence-electron chi connectivity index (χ3n) is 7.02. The Balaban J connectivity index is 1.54. The molecule has 7 nitrogen and oxygen atoms in total. The molecule has 3 heterocycles. The highest BCUT2D eigenvalue weighted by Gasteiger charge is 2.37. The van der Waals surface area contributed by atoms with Gasteiger partial charge in [-0.25, -0.2) is 5.01 Å². The van der Waals surface area contributed by atoms with Crippen molar-refractivity contribution in [2.45, 2.75) is 12.5 Å². The van der Waals surface area contributed by atoms with Gasteiger partial charge in [0.15, 0.2) is 10.4 Å². The smallest absolute Gasteiger partial charge is 0.310 e. The normalized spacial score (nSPS) is 14.9. The second-order valence-corrected chi connectivity index (χ2v) is 11.0. The lowest BCUT2D eigenvalue weighted by Gasteiger charge is -2.22. The molecule has 1 aliphatic rings. The predicted molar refractivity (Wildman–Crippen MR) is 162 cm³/mol. The van der Waals surface area contributed by atoms with Crippen LogP contribution in [0.1, 0.15) is 34.1 Å². The molecule has 1 unspecified atom stereocenters. The van der Waals surface area contributed by atoms with Crippen LogP contribution in [0.5, 0.6) is 0 Å². The molecule has 9 heteroatoms. The number of carbonyl (C=O) groups excluding carboxylic acids is 1. The van der Waals surface area contributed by atoms with Crippen molar-refractivity contribution in [3.05, 3.63) is 122 Å². The highest BCUT2D eigenvalue weighted by atomic mass is 79.9. The van der Waals surface area contributed by atoms with Crippen molar-refractivity contribution in [1.82, 2.24) is 9.99 Å². The number of fused-ring (bicyclic) bond motifs is 1. The number of carbonyl (C=O) groups is 1. The first-order valence-electron chi connectivity index (χ1n) is 12.6. The van der Waals surface area contributed by atoms with Gasteiger partial charge in [-0.3, -0.25) is 9.59 Å². The quantitative estimate of drug-likeness (QED) is 0.226. The van der Waals surface area contributed by atoms with E-state index in [0.717, 1.165) is 27.8 Å². The average molecular weight is 616 g/mol. The first-order valence-corrected chi connectivity index (χ1v) is 13.8. The number of hydrogen-bond donors (Lipinski definition) is 1. The maximum absolute atomic E-state index is 13.7. The van der Waals surface area contributed by atoms with Crippen LogP contribution in [0.15, 0.2) is 104 Å². The van der Waals surface area contributed by atoms with Gasteiger partial charge in [-0.1, -0.05) is 54.1 Å². The Hall–Kier alpha value is -4.14. The fourth-order valence-corrected chi connectivity index (χ4v) is 5.57.